The number of benzene rings is 6. The van der Waals surface area contributed by atoms with E-state index in [4.69, 9.17) is 0 Å². The van der Waals surface area contributed by atoms with E-state index in [1.165, 1.54) is 66.1 Å². The number of aryl methyl sites for hydroxylation is 1. The summed E-state index contributed by atoms with van der Waals surface area (Å²) in [6.45, 7) is 6.94. The Kier molecular flexibility index (Phi) is 5.88. The summed E-state index contributed by atoms with van der Waals surface area (Å²) in [4.78, 5) is 0. The first-order chi connectivity index (χ1) is 19.9. The highest BCUT2D eigenvalue weighted by Gasteiger charge is 2.36. The minimum absolute atomic E-state index is 0.0870. The molecule has 0 saturated carbocycles. The van der Waals surface area contributed by atoms with Gasteiger partial charge in [0, 0.05) is 5.41 Å². The molecule has 0 aromatic heterocycles. The average molecular weight is 526 g/mol. The van der Waals surface area contributed by atoms with Crippen molar-refractivity contribution in [2.75, 3.05) is 0 Å². The molecular formula is C40H31N. The summed E-state index contributed by atoms with van der Waals surface area (Å²) < 4.78 is 0. The van der Waals surface area contributed by atoms with Crippen LogP contribution in [0, 0.1) is 18.3 Å². The van der Waals surface area contributed by atoms with Crippen molar-refractivity contribution in [3.8, 4) is 17.2 Å². The number of nitriles is 1. The van der Waals surface area contributed by atoms with Crippen LogP contribution in [0.1, 0.15) is 52.8 Å². The van der Waals surface area contributed by atoms with Gasteiger partial charge in [0.2, 0.25) is 0 Å². The van der Waals surface area contributed by atoms with Crippen LogP contribution in [0.4, 0.5) is 0 Å². The fraction of sp³-hybridized carbons (Fsp3) is 0.125. The standard InChI is InChI=1S/C40H31N/c1-26-20-38-39(35-11-7-6-10-34(26)35)36-19-15-29(24-37(36)40(38,2)3)23-33(31-16-12-27(25-41)13-17-31)22-28-14-18-30-8-4-5-9-32(30)21-28/h4-21,23-24H,22H2,1-3H3/b33-23-. The van der Waals surface area contributed by atoms with Gasteiger partial charge in [-0.25, -0.2) is 0 Å². The van der Waals surface area contributed by atoms with Crippen molar-refractivity contribution in [1.29, 1.82) is 5.26 Å². The van der Waals surface area contributed by atoms with Gasteiger partial charge in [-0.15, -0.1) is 0 Å². The van der Waals surface area contributed by atoms with E-state index in [-0.39, 0.29) is 5.41 Å². The first-order valence-electron chi connectivity index (χ1n) is 14.3. The molecule has 0 radical (unpaired) electrons. The highest BCUT2D eigenvalue weighted by molar-refractivity contribution is 6.04. The summed E-state index contributed by atoms with van der Waals surface area (Å²) in [7, 11) is 0. The van der Waals surface area contributed by atoms with Gasteiger partial charge in [0.15, 0.2) is 0 Å². The van der Waals surface area contributed by atoms with E-state index in [1.807, 2.05) is 12.1 Å². The molecule has 7 rings (SSSR count). The number of hydrogen-bond acceptors (Lipinski definition) is 1. The summed E-state index contributed by atoms with van der Waals surface area (Å²) in [5.41, 5.74) is 12.3. The summed E-state index contributed by atoms with van der Waals surface area (Å²) >= 11 is 0. The van der Waals surface area contributed by atoms with Gasteiger partial charge in [0.1, 0.15) is 0 Å². The van der Waals surface area contributed by atoms with Gasteiger partial charge in [-0.1, -0.05) is 123 Å². The van der Waals surface area contributed by atoms with Gasteiger partial charge in [-0.2, -0.15) is 5.26 Å². The van der Waals surface area contributed by atoms with Crippen molar-refractivity contribution in [1.82, 2.24) is 0 Å². The molecule has 0 fully saturated rings. The Labute approximate surface area is 242 Å². The van der Waals surface area contributed by atoms with Crippen molar-refractivity contribution >= 4 is 33.2 Å². The molecule has 1 aliphatic carbocycles. The number of allylic oxidation sites excluding steroid dienone is 1. The fourth-order valence-corrected chi connectivity index (χ4v) is 6.64. The summed E-state index contributed by atoms with van der Waals surface area (Å²) in [6.07, 6.45) is 3.14. The Hall–Kier alpha value is -4.93. The Bertz CT molecular complexity index is 2050. The second-order valence-corrected chi connectivity index (χ2v) is 11.8. The van der Waals surface area contributed by atoms with Crippen molar-refractivity contribution in [3.05, 3.63) is 154 Å². The molecule has 0 heterocycles. The molecule has 0 aliphatic heterocycles. The third-order valence-electron chi connectivity index (χ3n) is 8.85. The quantitative estimate of drug-likeness (QED) is 0.210. The van der Waals surface area contributed by atoms with E-state index < -0.39 is 0 Å². The van der Waals surface area contributed by atoms with E-state index in [2.05, 4.69) is 136 Å². The van der Waals surface area contributed by atoms with Crippen LogP contribution in [0.5, 0.6) is 0 Å². The molecule has 41 heavy (non-hydrogen) atoms. The summed E-state index contributed by atoms with van der Waals surface area (Å²) in [5.74, 6) is 0. The zero-order valence-corrected chi connectivity index (χ0v) is 23.7. The van der Waals surface area contributed by atoms with Gasteiger partial charge in [-0.3, -0.25) is 0 Å². The van der Waals surface area contributed by atoms with Crippen LogP contribution < -0.4 is 0 Å². The Balaban J connectivity index is 1.35. The van der Waals surface area contributed by atoms with Crippen LogP contribution in [0.15, 0.2) is 115 Å². The molecule has 196 valence electrons. The van der Waals surface area contributed by atoms with Gasteiger partial charge in [0.05, 0.1) is 11.6 Å². The van der Waals surface area contributed by atoms with Gasteiger partial charge in [0.25, 0.3) is 0 Å². The molecule has 0 bridgehead atoms. The second-order valence-electron chi connectivity index (χ2n) is 11.8. The average Bonchev–Trinajstić information content (AvgIpc) is 3.22. The maximum atomic E-state index is 9.37. The molecule has 0 saturated heterocycles. The topological polar surface area (TPSA) is 23.8 Å². The monoisotopic (exact) mass is 525 g/mol. The minimum Gasteiger partial charge on any atom is -0.192 e. The van der Waals surface area contributed by atoms with Crippen molar-refractivity contribution in [3.63, 3.8) is 0 Å². The zero-order valence-electron chi connectivity index (χ0n) is 23.7. The Morgan fingerprint density at radius 3 is 2.24 bits per heavy atom. The first kappa shape index (κ1) is 25.1. The number of fused-ring (bicyclic) bond motifs is 6. The molecule has 0 unspecified atom stereocenters. The molecule has 1 heteroatoms. The highest BCUT2D eigenvalue weighted by Crippen LogP contribution is 2.52. The van der Waals surface area contributed by atoms with Crippen LogP contribution in [0.2, 0.25) is 0 Å². The molecule has 0 atom stereocenters. The molecule has 0 N–H and O–H groups in total. The zero-order chi connectivity index (χ0) is 28.1. The van der Waals surface area contributed by atoms with E-state index in [0.717, 1.165) is 12.0 Å². The maximum absolute atomic E-state index is 9.37. The molecule has 1 aliphatic rings. The molecule has 0 amide bonds. The van der Waals surface area contributed by atoms with Crippen LogP contribution in [0.3, 0.4) is 0 Å². The number of hydrogen-bond donors (Lipinski definition) is 0. The smallest absolute Gasteiger partial charge is 0.0991 e. The van der Waals surface area contributed by atoms with Crippen LogP contribution >= 0.6 is 0 Å². The lowest BCUT2D eigenvalue weighted by Gasteiger charge is -2.22. The number of rotatable bonds is 4. The van der Waals surface area contributed by atoms with Crippen LogP contribution in [0.25, 0.3) is 44.3 Å². The minimum atomic E-state index is -0.0870. The first-order valence-corrected chi connectivity index (χ1v) is 14.3. The SMILES string of the molecule is Cc1cc2c(c3ccccc13)-c1ccc(/C=C(/Cc3ccc4ccccc4c3)c3ccc(C#N)cc3)cc1C2(C)C. The van der Waals surface area contributed by atoms with E-state index in [9.17, 15) is 5.26 Å². The number of nitrogens with zero attached hydrogens (tertiary/aromatic N) is 1. The van der Waals surface area contributed by atoms with Crippen molar-refractivity contribution in [2.45, 2.75) is 32.6 Å². The largest absolute Gasteiger partial charge is 0.192 e. The lowest BCUT2D eigenvalue weighted by Crippen LogP contribution is -2.15. The normalized spacial score (nSPS) is 13.7. The van der Waals surface area contributed by atoms with E-state index >= 15 is 0 Å². The molecule has 0 spiro atoms. The van der Waals surface area contributed by atoms with Crippen LogP contribution in [-0.4, -0.2) is 0 Å². The third kappa shape index (κ3) is 4.24. The maximum Gasteiger partial charge on any atom is 0.0991 e. The van der Waals surface area contributed by atoms with Gasteiger partial charge >= 0.3 is 0 Å². The Morgan fingerprint density at radius 1 is 0.732 bits per heavy atom. The molecular weight excluding hydrogens is 494 g/mol. The summed E-state index contributed by atoms with van der Waals surface area (Å²) in [6, 6.07) is 43.7. The van der Waals surface area contributed by atoms with Crippen molar-refractivity contribution < 1.29 is 0 Å². The van der Waals surface area contributed by atoms with E-state index in [1.54, 1.807) is 0 Å². The lowest BCUT2D eigenvalue weighted by atomic mass is 9.80. The van der Waals surface area contributed by atoms with Gasteiger partial charge < -0.3 is 0 Å². The van der Waals surface area contributed by atoms with Crippen molar-refractivity contribution in [2.24, 2.45) is 0 Å². The van der Waals surface area contributed by atoms with E-state index in [0.29, 0.717) is 5.56 Å². The predicted molar refractivity (Wildman–Crippen MR) is 173 cm³/mol. The summed E-state index contributed by atoms with van der Waals surface area (Å²) in [5, 5.41) is 14.5. The molecule has 6 aromatic carbocycles. The van der Waals surface area contributed by atoms with Gasteiger partial charge in [-0.05, 0) is 97.1 Å². The predicted octanol–water partition coefficient (Wildman–Crippen LogP) is 10.3. The fourth-order valence-electron chi connectivity index (χ4n) is 6.64. The van der Waals surface area contributed by atoms with Crippen LogP contribution in [-0.2, 0) is 11.8 Å². The highest BCUT2D eigenvalue weighted by atomic mass is 14.4. The lowest BCUT2D eigenvalue weighted by molar-refractivity contribution is 0.660. The third-order valence-corrected chi connectivity index (χ3v) is 8.85. The molecule has 1 nitrogen and oxygen atoms in total. The Morgan fingerprint density at radius 2 is 1.46 bits per heavy atom. The molecule has 6 aromatic rings. The second kappa shape index (κ2) is 9.61.